The second-order valence-corrected chi connectivity index (χ2v) is 4.80. The lowest BCUT2D eigenvalue weighted by atomic mass is 10.2. The van der Waals surface area contributed by atoms with E-state index in [-0.39, 0.29) is 16.6 Å². The monoisotopic (exact) mass is 278 g/mol. The van der Waals surface area contributed by atoms with Crippen LogP contribution in [0.3, 0.4) is 0 Å². The first-order valence-electron chi connectivity index (χ1n) is 5.99. The van der Waals surface area contributed by atoms with Crippen LogP contribution in [0, 0.1) is 0 Å². The van der Waals surface area contributed by atoms with Gasteiger partial charge in [-0.05, 0) is 31.5 Å². The fourth-order valence-corrected chi connectivity index (χ4v) is 1.84. The highest BCUT2D eigenvalue weighted by atomic mass is 35.5. The quantitative estimate of drug-likeness (QED) is 0.933. The maximum Gasteiger partial charge on any atom is 0.287 e. The van der Waals surface area contributed by atoms with E-state index in [9.17, 15) is 4.79 Å². The van der Waals surface area contributed by atoms with E-state index in [2.05, 4.69) is 15.4 Å². The first kappa shape index (κ1) is 13.5. The maximum atomic E-state index is 12.0. The van der Waals surface area contributed by atoms with Crippen molar-refractivity contribution in [1.29, 1.82) is 0 Å². The van der Waals surface area contributed by atoms with E-state index in [0.717, 1.165) is 5.56 Å². The van der Waals surface area contributed by atoms with Gasteiger partial charge in [0.15, 0.2) is 0 Å². The lowest BCUT2D eigenvalue weighted by Crippen LogP contribution is -2.25. The SMILES string of the molecule is CC(C)n1ncc(NCc2ccncc2)c(Cl)c1=O. The van der Waals surface area contributed by atoms with E-state index in [0.29, 0.717) is 12.2 Å². The molecule has 0 amide bonds. The largest absolute Gasteiger partial charge is 0.378 e. The van der Waals surface area contributed by atoms with Crippen LogP contribution >= 0.6 is 11.6 Å². The summed E-state index contributed by atoms with van der Waals surface area (Å²) in [5.74, 6) is 0. The Kier molecular flexibility index (Phi) is 4.16. The maximum absolute atomic E-state index is 12.0. The average molecular weight is 279 g/mol. The summed E-state index contributed by atoms with van der Waals surface area (Å²) >= 11 is 6.06. The first-order chi connectivity index (χ1) is 9.09. The van der Waals surface area contributed by atoms with Crippen molar-refractivity contribution in [2.45, 2.75) is 26.4 Å². The van der Waals surface area contributed by atoms with Crippen molar-refractivity contribution >= 4 is 17.3 Å². The molecular formula is C13H15ClN4O. The predicted molar refractivity (Wildman–Crippen MR) is 75.5 cm³/mol. The summed E-state index contributed by atoms with van der Waals surface area (Å²) in [5.41, 5.74) is 1.32. The van der Waals surface area contributed by atoms with Gasteiger partial charge in [0.05, 0.1) is 17.9 Å². The number of halogens is 1. The van der Waals surface area contributed by atoms with Gasteiger partial charge < -0.3 is 5.32 Å². The molecule has 0 spiro atoms. The Morgan fingerprint density at radius 3 is 2.68 bits per heavy atom. The molecule has 19 heavy (non-hydrogen) atoms. The smallest absolute Gasteiger partial charge is 0.287 e. The van der Waals surface area contributed by atoms with Gasteiger partial charge in [0.1, 0.15) is 5.02 Å². The van der Waals surface area contributed by atoms with Crippen molar-refractivity contribution in [3.8, 4) is 0 Å². The second kappa shape index (κ2) is 5.84. The summed E-state index contributed by atoms with van der Waals surface area (Å²) in [6, 6.07) is 3.77. The van der Waals surface area contributed by atoms with Gasteiger partial charge in [0.2, 0.25) is 0 Å². The zero-order valence-corrected chi connectivity index (χ0v) is 11.6. The second-order valence-electron chi connectivity index (χ2n) is 4.42. The molecule has 0 bridgehead atoms. The molecule has 100 valence electrons. The third-order valence-electron chi connectivity index (χ3n) is 2.67. The fraction of sp³-hybridized carbons (Fsp3) is 0.308. The van der Waals surface area contributed by atoms with E-state index in [4.69, 9.17) is 11.6 Å². The third kappa shape index (κ3) is 3.12. The van der Waals surface area contributed by atoms with E-state index >= 15 is 0 Å². The number of nitrogens with one attached hydrogen (secondary N) is 1. The Labute approximate surface area is 116 Å². The van der Waals surface area contributed by atoms with Crippen LogP contribution in [0.15, 0.2) is 35.5 Å². The Morgan fingerprint density at radius 2 is 2.05 bits per heavy atom. The third-order valence-corrected chi connectivity index (χ3v) is 3.03. The van der Waals surface area contributed by atoms with Crippen LogP contribution < -0.4 is 10.9 Å². The van der Waals surface area contributed by atoms with Crippen LogP contribution in [0.5, 0.6) is 0 Å². The molecule has 0 atom stereocenters. The number of rotatable bonds is 4. The zero-order chi connectivity index (χ0) is 13.8. The van der Waals surface area contributed by atoms with Crippen LogP contribution in [0.25, 0.3) is 0 Å². The molecule has 0 fully saturated rings. The molecule has 0 aromatic carbocycles. The molecular weight excluding hydrogens is 264 g/mol. The molecule has 2 aromatic rings. The average Bonchev–Trinajstić information content (AvgIpc) is 2.41. The number of hydrogen-bond acceptors (Lipinski definition) is 4. The zero-order valence-electron chi connectivity index (χ0n) is 10.8. The van der Waals surface area contributed by atoms with Gasteiger partial charge in [-0.2, -0.15) is 5.10 Å². The molecule has 0 aliphatic rings. The molecule has 0 radical (unpaired) electrons. The predicted octanol–water partition coefficient (Wildman–Crippen LogP) is 2.48. The summed E-state index contributed by atoms with van der Waals surface area (Å²) in [5, 5.41) is 7.36. The minimum Gasteiger partial charge on any atom is -0.378 e. The van der Waals surface area contributed by atoms with Gasteiger partial charge in [-0.1, -0.05) is 11.6 Å². The van der Waals surface area contributed by atoms with Gasteiger partial charge in [-0.3, -0.25) is 9.78 Å². The molecule has 1 N–H and O–H groups in total. The summed E-state index contributed by atoms with van der Waals surface area (Å²) < 4.78 is 1.36. The van der Waals surface area contributed by atoms with Gasteiger partial charge in [-0.25, -0.2) is 4.68 Å². The van der Waals surface area contributed by atoms with Gasteiger partial charge in [0, 0.05) is 18.9 Å². The molecule has 5 nitrogen and oxygen atoms in total. The van der Waals surface area contributed by atoms with Crippen LogP contribution in [-0.4, -0.2) is 14.8 Å². The number of pyridine rings is 1. The highest BCUT2D eigenvalue weighted by molar-refractivity contribution is 6.32. The lowest BCUT2D eigenvalue weighted by molar-refractivity contribution is 0.503. The van der Waals surface area contributed by atoms with Crippen molar-refractivity contribution < 1.29 is 0 Å². The number of hydrogen-bond donors (Lipinski definition) is 1. The summed E-state index contributed by atoms with van der Waals surface area (Å²) in [7, 11) is 0. The molecule has 2 aromatic heterocycles. The van der Waals surface area contributed by atoms with Crippen LogP contribution in [0.4, 0.5) is 5.69 Å². The number of anilines is 1. The highest BCUT2D eigenvalue weighted by Gasteiger charge is 2.10. The summed E-state index contributed by atoms with van der Waals surface area (Å²) in [4.78, 5) is 15.9. The van der Waals surface area contributed by atoms with Gasteiger partial charge >= 0.3 is 0 Å². The van der Waals surface area contributed by atoms with Crippen molar-refractivity contribution in [3.63, 3.8) is 0 Å². The molecule has 2 rings (SSSR count). The van der Waals surface area contributed by atoms with Gasteiger partial charge in [0.25, 0.3) is 5.56 Å². The van der Waals surface area contributed by atoms with Crippen molar-refractivity contribution in [3.05, 3.63) is 51.7 Å². The topological polar surface area (TPSA) is 59.8 Å². The highest BCUT2D eigenvalue weighted by Crippen LogP contribution is 2.17. The van der Waals surface area contributed by atoms with Crippen molar-refractivity contribution in [1.82, 2.24) is 14.8 Å². The Morgan fingerprint density at radius 1 is 1.37 bits per heavy atom. The Hall–Kier alpha value is -1.88. The normalized spacial score (nSPS) is 10.7. The van der Waals surface area contributed by atoms with E-state index in [1.165, 1.54) is 4.68 Å². The lowest BCUT2D eigenvalue weighted by Gasteiger charge is -2.12. The van der Waals surface area contributed by atoms with Crippen molar-refractivity contribution in [2.75, 3.05) is 5.32 Å². The summed E-state index contributed by atoms with van der Waals surface area (Å²) in [6.45, 7) is 4.33. The van der Waals surface area contributed by atoms with Gasteiger partial charge in [-0.15, -0.1) is 0 Å². The summed E-state index contributed by atoms with van der Waals surface area (Å²) in [6.07, 6.45) is 5.01. The molecule has 0 aliphatic heterocycles. The van der Waals surface area contributed by atoms with Crippen LogP contribution in [-0.2, 0) is 6.54 Å². The first-order valence-corrected chi connectivity index (χ1v) is 6.37. The van der Waals surface area contributed by atoms with E-state index in [1.54, 1.807) is 18.6 Å². The molecule has 0 saturated carbocycles. The van der Waals surface area contributed by atoms with Crippen LogP contribution in [0.2, 0.25) is 5.02 Å². The number of aromatic nitrogens is 3. The standard InChI is InChI=1S/C13H15ClN4O/c1-9(2)18-13(19)12(14)11(8-17-18)16-7-10-3-5-15-6-4-10/h3-6,8-9,16H,7H2,1-2H3. The molecule has 6 heteroatoms. The van der Waals surface area contributed by atoms with E-state index < -0.39 is 0 Å². The minimum absolute atomic E-state index is 0.0146. The van der Waals surface area contributed by atoms with Crippen molar-refractivity contribution in [2.24, 2.45) is 0 Å². The Balaban J connectivity index is 2.18. The molecule has 2 heterocycles. The molecule has 0 saturated heterocycles. The van der Waals surface area contributed by atoms with E-state index in [1.807, 2.05) is 26.0 Å². The fourth-order valence-electron chi connectivity index (χ4n) is 1.63. The van der Waals surface area contributed by atoms with Crippen LogP contribution in [0.1, 0.15) is 25.5 Å². The Bertz CT molecular complexity index is 610. The number of nitrogens with zero attached hydrogens (tertiary/aromatic N) is 3. The molecule has 0 unspecified atom stereocenters. The minimum atomic E-state index is -0.281. The molecule has 0 aliphatic carbocycles.